The molecule has 1 N–H and O–H groups in total. The number of esters is 1. The first-order chi connectivity index (χ1) is 14.4. The number of rotatable bonds is 8. The summed E-state index contributed by atoms with van der Waals surface area (Å²) >= 11 is 0. The second-order valence-corrected chi connectivity index (χ2v) is 6.60. The molecule has 0 aliphatic carbocycles. The van der Waals surface area contributed by atoms with Crippen molar-refractivity contribution >= 4 is 11.9 Å². The first-order valence-electron chi connectivity index (χ1n) is 9.33. The fourth-order valence-electron chi connectivity index (χ4n) is 2.63. The number of carbonyl (C=O) groups excluding carboxylic acids is 2. The standard InChI is InChI=1S/C22H20F2N2O4/c1-14(22(28)26-12-15-2-6-17(23)7-3-15)29-21(27)11-10-20-25-13-19(30-20)16-4-8-18(24)9-5-16/h2-9,13-14H,10-12H2,1H3,(H,26,28). The topological polar surface area (TPSA) is 81.4 Å². The number of nitrogens with one attached hydrogen (secondary N) is 1. The Bertz CT molecular complexity index is 1000. The van der Waals surface area contributed by atoms with E-state index < -0.39 is 18.0 Å². The van der Waals surface area contributed by atoms with Gasteiger partial charge in [-0.05, 0) is 48.9 Å². The van der Waals surface area contributed by atoms with Crippen molar-refractivity contribution in [2.75, 3.05) is 0 Å². The van der Waals surface area contributed by atoms with Gasteiger partial charge in [0, 0.05) is 18.5 Å². The Morgan fingerprint density at radius 3 is 2.37 bits per heavy atom. The molecule has 8 heteroatoms. The van der Waals surface area contributed by atoms with Gasteiger partial charge in [-0.2, -0.15) is 0 Å². The van der Waals surface area contributed by atoms with Crippen LogP contribution in [-0.4, -0.2) is 23.0 Å². The number of benzene rings is 2. The average Bonchev–Trinajstić information content (AvgIpc) is 3.21. The van der Waals surface area contributed by atoms with Crippen LogP contribution in [0.3, 0.4) is 0 Å². The molecule has 6 nitrogen and oxygen atoms in total. The predicted molar refractivity (Wildman–Crippen MR) is 104 cm³/mol. The number of hydrogen-bond donors (Lipinski definition) is 1. The number of nitrogens with zero attached hydrogens (tertiary/aromatic N) is 1. The Hall–Kier alpha value is -3.55. The van der Waals surface area contributed by atoms with Crippen LogP contribution in [0.5, 0.6) is 0 Å². The van der Waals surface area contributed by atoms with Gasteiger partial charge in [0.15, 0.2) is 17.8 Å². The highest BCUT2D eigenvalue weighted by atomic mass is 19.1. The quantitative estimate of drug-likeness (QED) is 0.567. The molecule has 1 heterocycles. The minimum absolute atomic E-state index is 0.0149. The summed E-state index contributed by atoms with van der Waals surface area (Å²) in [4.78, 5) is 28.2. The molecule has 3 rings (SSSR count). The summed E-state index contributed by atoms with van der Waals surface area (Å²) < 4.78 is 36.6. The molecule has 0 spiro atoms. The predicted octanol–water partition coefficient (Wildman–Crippen LogP) is 3.80. The van der Waals surface area contributed by atoms with E-state index in [1.54, 1.807) is 24.3 Å². The second-order valence-electron chi connectivity index (χ2n) is 6.60. The van der Waals surface area contributed by atoms with E-state index in [0.29, 0.717) is 17.2 Å². The van der Waals surface area contributed by atoms with Crippen LogP contribution in [0.4, 0.5) is 8.78 Å². The lowest BCUT2D eigenvalue weighted by molar-refractivity contribution is -0.154. The molecule has 0 saturated heterocycles. The lowest BCUT2D eigenvalue weighted by atomic mass is 10.2. The van der Waals surface area contributed by atoms with E-state index in [1.807, 2.05) is 0 Å². The fraction of sp³-hybridized carbons (Fsp3) is 0.227. The Morgan fingerprint density at radius 2 is 1.70 bits per heavy atom. The molecule has 0 aliphatic heterocycles. The van der Waals surface area contributed by atoms with Gasteiger partial charge in [-0.15, -0.1) is 0 Å². The van der Waals surface area contributed by atoms with Crippen LogP contribution in [0, 0.1) is 11.6 Å². The van der Waals surface area contributed by atoms with Crippen molar-refractivity contribution in [1.29, 1.82) is 0 Å². The molecule has 0 aliphatic rings. The monoisotopic (exact) mass is 414 g/mol. The summed E-state index contributed by atoms with van der Waals surface area (Å²) in [6, 6.07) is 11.5. The number of halogens is 2. The van der Waals surface area contributed by atoms with E-state index in [2.05, 4.69) is 10.3 Å². The fourth-order valence-corrected chi connectivity index (χ4v) is 2.63. The summed E-state index contributed by atoms with van der Waals surface area (Å²) in [5, 5.41) is 2.63. The van der Waals surface area contributed by atoms with Gasteiger partial charge in [-0.25, -0.2) is 13.8 Å². The van der Waals surface area contributed by atoms with Crippen LogP contribution in [0.15, 0.2) is 59.1 Å². The van der Waals surface area contributed by atoms with Crippen molar-refractivity contribution in [3.05, 3.63) is 77.8 Å². The highest BCUT2D eigenvalue weighted by Crippen LogP contribution is 2.21. The van der Waals surface area contributed by atoms with Gasteiger partial charge in [0.2, 0.25) is 0 Å². The lowest BCUT2D eigenvalue weighted by Crippen LogP contribution is -2.35. The average molecular weight is 414 g/mol. The van der Waals surface area contributed by atoms with Crippen molar-refractivity contribution in [2.45, 2.75) is 32.4 Å². The minimum atomic E-state index is -0.975. The molecule has 30 heavy (non-hydrogen) atoms. The van der Waals surface area contributed by atoms with Crippen LogP contribution in [0.25, 0.3) is 11.3 Å². The molecule has 0 saturated carbocycles. The Morgan fingerprint density at radius 1 is 1.07 bits per heavy atom. The van der Waals surface area contributed by atoms with Crippen LogP contribution >= 0.6 is 0 Å². The summed E-state index contributed by atoms with van der Waals surface area (Å²) in [6.07, 6.45) is 0.708. The van der Waals surface area contributed by atoms with E-state index in [4.69, 9.17) is 9.15 Å². The van der Waals surface area contributed by atoms with E-state index in [0.717, 1.165) is 5.56 Å². The highest BCUT2D eigenvalue weighted by Gasteiger charge is 2.18. The number of oxazole rings is 1. The summed E-state index contributed by atoms with van der Waals surface area (Å²) in [5.41, 5.74) is 1.40. The molecule has 0 fully saturated rings. The molecule has 1 unspecified atom stereocenters. The first-order valence-corrected chi connectivity index (χ1v) is 9.33. The third-order valence-corrected chi connectivity index (χ3v) is 4.28. The van der Waals surface area contributed by atoms with Gasteiger partial charge in [0.25, 0.3) is 5.91 Å². The minimum Gasteiger partial charge on any atom is -0.453 e. The summed E-state index contributed by atoms with van der Waals surface area (Å²) in [5.74, 6) is -0.935. The van der Waals surface area contributed by atoms with E-state index in [1.165, 1.54) is 37.4 Å². The lowest BCUT2D eigenvalue weighted by Gasteiger charge is -2.13. The molecule has 1 amide bonds. The smallest absolute Gasteiger partial charge is 0.307 e. The van der Waals surface area contributed by atoms with E-state index >= 15 is 0 Å². The third kappa shape index (κ3) is 5.97. The van der Waals surface area contributed by atoms with Crippen LogP contribution in [-0.2, 0) is 27.3 Å². The maximum atomic E-state index is 13.0. The van der Waals surface area contributed by atoms with E-state index in [9.17, 15) is 18.4 Å². The Kier molecular flexibility index (Phi) is 6.90. The number of carbonyl (C=O) groups is 2. The first kappa shape index (κ1) is 21.2. The largest absolute Gasteiger partial charge is 0.453 e. The molecule has 1 atom stereocenters. The van der Waals surface area contributed by atoms with Crippen molar-refractivity contribution in [3.8, 4) is 11.3 Å². The highest BCUT2D eigenvalue weighted by molar-refractivity contribution is 5.83. The molecule has 1 aromatic heterocycles. The van der Waals surface area contributed by atoms with E-state index in [-0.39, 0.29) is 31.0 Å². The third-order valence-electron chi connectivity index (χ3n) is 4.28. The molecule has 0 radical (unpaired) electrons. The Labute approximate surface area is 171 Å². The molecule has 156 valence electrons. The number of aromatic nitrogens is 1. The van der Waals surface area contributed by atoms with Crippen molar-refractivity contribution < 1.29 is 27.5 Å². The number of amides is 1. The van der Waals surface area contributed by atoms with Crippen LogP contribution in [0.2, 0.25) is 0 Å². The number of hydrogen-bond acceptors (Lipinski definition) is 5. The van der Waals surface area contributed by atoms with Gasteiger partial charge < -0.3 is 14.5 Å². The molecular weight excluding hydrogens is 394 g/mol. The molecule has 0 bridgehead atoms. The zero-order chi connectivity index (χ0) is 21.5. The van der Waals surface area contributed by atoms with Gasteiger partial charge in [-0.1, -0.05) is 12.1 Å². The zero-order valence-electron chi connectivity index (χ0n) is 16.2. The van der Waals surface area contributed by atoms with Gasteiger partial charge >= 0.3 is 5.97 Å². The molecule has 2 aromatic carbocycles. The van der Waals surface area contributed by atoms with Crippen molar-refractivity contribution in [3.63, 3.8) is 0 Å². The molecule has 3 aromatic rings. The SMILES string of the molecule is CC(OC(=O)CCc1ncc(-c2ccc(F)cc2)o1)C(=O)NCc1ccc(F)cc1. The van der Waals surface area contributed by atoms with Gasteiger partial charge in [-0.3, -0.25) is 9.59 Å². The normalized spacial score (nSPS) is 11.7. The number of aryl methyl sites for hydroxylation is 1. The summed E-state index contributed by atoms with van der Waals surface area (Å²) in [6.45, 7) is 1.67. The van der Waals surface area contributed by atoms with Crippen LogP contribution in [0.1, 0.15) is 24.8 Å². The van der Waals surface area contributed by atoms with Crippen molar-refractivity contribution in [2.24, 2.45) is 0 Å². The van der Waals surface area contributed by atoms with Gasteiger partial charge in [0.05, 0.1) is 12.6 Å². The maximum absolute atomic E-state index is 13.0. The number of ether oxygens (including phenoxy) is 1. The van der Waals surface area contributed by atoms with Crippen molar-refractivity contribution in [1.82, 2.24) is 10.3 Å². The zero-order valence-corrected chi connectivity index (χ0v) is 16.2. The summed E-state index contributed by atoms with van der Waals surface area (Å²) in [7, 11) is 0. The maximum Gasteiger partial charge on any atom is 0.307 e. The molecular formula is C22H20F2N2O4. The Balaban J connectivity index is 1.43. The van der Waals surface area contributed by atoms with Crippen LogP contribution < -0.4 is 5.32 Å². The second kappa shape index (κ2) is 9.78. The van der Waals surface area contributed by atoms with Gasteiger partial charge in [0.1, 0.15) is 11.6 Å².